The molecule has 0 aliphatic heterocycles. The molecule has 0 N–H and O–H groups in total. The summed E-state index contributed by atoms with van der Waals surface area (Å²) in [5, 5.41) is 0.499. The maximum Gasteiger partial charge on any atom is 0.197 e. The quantitative estimate of drug-likeness (QED) is 0.246. The Bertz CT molecular complexity index is 1420. The zero-order valence-electron chi connectivity index (χ0n) is 18.3. The van der Waals surface area contributed by atoms with Crippen molar-refractivity contribution in [3.05, 3.63) is 86.1 Å². The molecule has 0 bridgehead atoms. The Morgan fingerprint density at radius 2 is 1.47 bits per heavy atom. The SMILES string of the molecule is CCc1cc2c(cc1Cl)C(=O)/C(=C\c1cc3oc(-c4c(C)cc(C)cc4C)cc3o1)C2=O. The summed E-state index contributed by atoms with van der Waals surface area (Å²) >= 11 is 6.25. The summed E-state index contributed by atoms with van der Waals surface area (Å²) in [6, 6.07) is 11.1. The van der Waals surface area contributed by atoms with Gasteiger partial charge in [0.25, 0.3) is 0 Å². The zero-order chi connectivity index (χ0) is 22.7. The third-order valence-electron chi connectivity index (χ3n) is 5.98. The van der Waals surface area contributed by atoms with E-state index in [0.717, 1.165) is 28.0 Å². The van der Waals surface area contributed by atoms with E-state index in [9.17, 15) is 9.59 Å². The molecule has 2 heterocycles. The highest BCUT2D eigenvalue weighted by Gasteiger charge is 2.34. The molecule has 0 saturated carbocycles. The second kappa shape index (κ2) is 7.35. The number of rotatable bonds is 3. The molecular formula is C27H21ClO4. The molecule has 1 aliphatic rings. The van der Waals surface area contributed by atoms with E-state index in [-0.39, 0.29) is 17.1 Å². The van der Waals surface area contributed by atoms with Gasteiger partial charge in [-0.2, -0.15) is 0 Å². The van der Waals surface area contributed by atoms with Crippen LogP contribution in [0.1, 0.15) is 55.7 Å². The van der Waals surface area contributed by atoms with Crippen LogP contribution in [0.3, 0.4) is 0 Å². The van der Waals surface area contributed by atoms with Gasteiger partial charge in [-0.3, -0.25) is 9.59 Å². The van der Waals surface area contributed by atoms with Gasteiger partial charge in [0.1, 0.15) is 11.5 Å². The number of fused-ring (bicyclic) bond motifs is 2. The topological polar surface area (TPSA) is 60.4 Å². The Hall–Kier alpha value is -3.37. The lowest BCUT2D eigenvalue weighted by Crippen LogP contribution is -1.99. The number of hydrogen-bond acceptors (Lipinski definition) is 4. The van der Waals surface area contributed by atoms with Gasteiger partial charge in [-0.05, 0) is 62.1 Å². The van der Waals surface area contributed by atoms with Crippen molar-refractivity contribution < 1.29 is 18.4 Å². The number of Topliss-reactive ketones (excluding diaryl/α,β-unsaturated/α-hetero) is 2. The van der Waals surface area contributed by atoms with Crippen molar-refractivity contribution in [2.24, 2.45) is 0 Å². The maximum absolute atomic E-state index is 12.9. The van der Waals surface area contributed by atoms with Gasteiger partial charge in [0, 0.05) is 33.8 Å². The minimum absolute atomic E-state index is 0.0752. The summed E-state index contributed by atoms with van der Waals surface area (Å²) in [6.07, 6.45) is 2.17. The standard InChI is InChI=1S/C27H21ClO4/c1-5-16-8-18-19(11-21(16)28)27(30)20(26(18)29)9-17-10-22-23(31-17)12-24(32-22)25-14(3)6-13(2)7-15(25)4/h6-12H,5H2,1-4H3/b20-9-. The van der Waals surface area contributed by atoms with Crippen LogP contribution in [0, 0.1) is 20.8 Å². The van der Waals surface area contributed by atoms with E-state index < -0.39 is 0 Å². The van der Waals surface area contributed by atoms with Crippen LogP contribution in [0.2, 0.25) is 5.02 Å². The summed E-state index contributed by atoms with van der Waals surface area (Å²) in [6.45, 7) is 8.14. The van der Waals surface area contributed by atoms with Crippen LogP contribution in [0.5, 0.6) is 0 Å². The Balaban J connectivity index is 1.52. The molecule has 2 aromatic carbocycles. The lowest BCUT2D eigenvalue weighted by molar-refractivity contribution is 0.0990. The zero-order valence-corrected chi connectivity index (χ0v) is 19.0. The Morgan fingerprint density at radius 1 is 0.844 bits per heavy atom. The largest absolute Gasteiger partial charge is 0.453 e. The van der Waals surface area contributed by atoms with Gasteiger partial charge in [-0.1, -0.05) is 36.2 Å². The van der Waals surface area contributed by atoms with Crippen molar-refractivity contribution in [1.82, 2.24) is 0 Å². The first-order valence-corrected chi connectivity index (χ1v) is 10.9. The van der Waals surface area contributed by atoms with Crippen LogP contribution >= 0.6 is 11.6 Å². The van der Waals surface area contributed by atoms with E-state index in [1.54, 1.807) is 18.2 Å². The third-order valence-corrected chi connectivity index (χ3v) is 6.33. The molecule has 160 valence electrons. The minimum atomic E-state index is -0.339. The maximum atomic E-state index is 12.9. The van der Waals surface area contributed by atoms with Crippen LogP contribution < -0.4 is 0 Å². The second-order valence-electron chi connectivity index (χ2n) is 8.32. The Kier molecular flexibility index (Phi) is 4.72. The smallest absolute Gasteiger partial charge is 0.197 e. The van der Waals surface area contributed by atoms with Crippen LogP contribution in [0.25, 0.3) is 28.6 Å². The van der Waals surface area contributed by atoms with Crippen LogP contribution in [0.4, 0.5) is 0 Å². The van der Waals surface area contributed by atoms with Gasteiger partial charge in [0.2, 0.25) is 0 Å². The number of ketones is 2. The monoisotopic (exact) mass is 444 g/mol. The van der Waals surface area contributed by atoms with E-state index in [2.05, 4.69) is 32.9 Å². The molecule has 5 heteroatoms. The Morgan fingerprint density at radius 3 is 2.09 bits per heavy atom. The highest BCUT2D eigenvalue weighted by molar-refractivity contribution is 6.42. The third kappa shape index (κ3) is 3.14. The van der Waals surface area contributed by atoms with Crippen LogP contribution in [0.15, 0.2) is 50.8 Å². The lowest BCUT2D eigenvalue weighted by Gasteiger charge is -2.08. The molecule has 0 radical (unpaired) electrons. The van der Waals surface area contributed by atoms with E-state index >= 15 is 0 Å². The fourth-order valence-electron chi connectivity index (χ4n) is 4.55. The van der Waals surface area contributed by atoms with Gasteiger partial charge in [0.15, 0.2) is 22.7 Å². The molecule has 4 nitrogen and oxygen atoms in total. The van der Waals surface area contributed by atoms with Crippen molar-refractivity contribution in [3.8, 4) is 11.3 Å². The molecule has 2 aromatic heterocycles. The van der Waals surface area contributed by atoms with Gasteiger partial charge >= 0.3 is 0 Å². The first-order chi connectivity index (χ1) is 15.3. The van der Waals surface area contributed by atoms with E-state index in [0.29, 0.717) is 39.5 Å². The number of benzene rings is 2. The molecule has 0 fully saturated rings. The van der Waals surface area contributed by atoms with Crippen molar-refractivity contribution in [1.29, 1.82) is 0 Å². The average molecular weight is 445 g/mol. The summed E-state index contributed by atoms with van der Waals surface area (Å²) in [4.78, 5) is 25.7. The first-order valence-electron chi connectivity index (χ1n) is 10.5. The number of halogens is 1. The predicted octanol–water partition coefficient (Wildman–Crippen LogP) is 7.30. The minimum Gasteiger partial charge on any atom is -0.453 e. The summed E-state index contributed by atoms with van der Waals surface area (Å²) in [5.41, 5.74) is 7.29. The second-order valence-corrected chi connectivity index (χ2v) is 8.73. The predicted molar refractivity (Wildman–Crippen MR) is 126 cm³/mol. The molecule has 0 atom stereocenters. The molecule has 32 heavy (non-hydrogen) atoms. The molecule has 1 aliphatic carbocycles. The van der Waals surface area contributed by atoms with Gasteiger partial charge < -0.3 is 8.83 Å². The average Bonchev–Trinajstić information content (AvgIpc) is 3.34. The number of furan rings is 2. The number of carbonyl (C=O) groups is 2. The van der Waals surface area contributed by atoms with Gasteiger partial charge in [-0.15, -0.1) is 0 Å². The Labute approximate surface area is 190 Å². The molecule has 4 aromatic rings. The van der Waals surface area contributed by atoms with Crippen molar-refractivity contribution in [2.75, 3.05) is 0 Å². The van der Waals surface area contributed by atoms with Crippen molar-refractivity contribution in [3.63, 3.8) is 0 Å². The summed E-state index contributed by atoms with van der Waals surface area (Å²) in [7, 11) is 0. The highest BCUT2D eigenvalue weighted by Crippen LogP contribution is 2.36. The molecule has 0 unspecified atom stereocenters. The molecule has 0 saturated heterocycles. The first kappa shape index (κ1) is 20.5. The van der Waals surface area contributed by atoms with Gasteiger partial charge in [0.05, 0.1) is 5.57 Å². The molecule has 5 rings (SSSR count). The highest BCUT2D eigenvalue weighted by atomic mass is 35.5. The van der Waals surface area contributed by atoms with Gasteiger partial charge in [-0.25, -0.2) is 0 Å². The summed E-state index contributed by atoms with van der Waals surface area (Å²) < 4.78 is 12.0. The van der Waals surface area contributed by atoms with Crippen molar-refractivity contribution >= 4 is 40.4 Å². The fraction of sp³-hybridized carbons (Fsp3) is 0.185. The van der Waals surface area contributed by atoms with E-state index in [4.69, 9.17) is 20.4 Å². The molecule has 0 spiro atoms. The van der Waals surface area contributed by atoms with Crippen LogP contribution in [-0.4, -0.2) is 11.6 Å². The van der Waals surface area contributed by atoms with Crippen molar-refractivity contribution in [2.45, 2.75) is 34.1 Å². The normalized spacial score (nSPS) is 14.7. The molecule has 0 amide bonds. The fourth-order valence-corrected chi connectivity index (χ4v) is 4.85. The molecular weight excluding hydrogens is 424 g/mol. The van der Waals surface area contributed by atoms with E-state index in [1.165, 1.54) is 11.6 Å². The lowest BCUT2D eigenvalue weighted by atomic mass is 9.98. The van der Waals surface area contributed by atoms with Crippen LogP contribution in [-0.2, 0) is 6.42 Å². The number of carbonyl (C=O) groups excluding carboxylic acids is 2. The number of allylic oxidation sites excluding steroid dienone is 1. The summed E-state index contributed by atoms with van der Waals surface area (Å²) in [5.74, 6) is 0.481. The number of hydrogen-bond donors (Lipinski definition) is 0. The number of aryl methyl sites for hydroxylation is 4. The van der Waals surface area contributed by atoms with E-state index in [1.807, 2.05) is 13.0 Å².